The summed E-state index contributed by atoms with van der Waals surface area (Å²) >= 11 is 0. The highest BCUT2D eigenvalue weighted by Crippen LogP contribution is 2.18. The van der Waals surface area contributed by atoms with Crippen molar-refractivity contribution in [3.8, 4) is 0 Å². The average Bonchev–Trinajstić information content (AvgIpc) is 2.85. The quantitative estimate of drug-likeness (QED) is 0.657. The van der Waals surface area contributed by atoms with E-state index >= 15 is 0 Å². The molecule has 1 saturated carbocycles. The Morgan fingerprint density at radius 3 is 2.73 bits per heavy atom. The summed E-state index contributed by atoms with van der Waals surface area (Å²) in [6.45, 7) is 0.462. The highest BCUT2D eigenvalue weighted by atomic mass is 32.2. The van der Waals surface area contributed by atoms with Crippen LogP contribution in [0.1, 0.15) is 19.3 Å². The van der Waals surface area contributed by atoms with Crippen LogP contribution < -0.4 is 10.6 Å². The van der Waals surface area contributed by atoms with E-state index in [1.807, 2.05) is 0 Å². The standard InChI is InChI=1S/C9H16N2O3S/c12-9(11-7-1-2-7)5-8-6-15(13,14)4-3-10-8/h7-8,10H,1-6H2,(H,11,12). The molecule has 1 aliphatic carbocycles. The van der Waals surface area contributed by atoms with Crippen molar-refractivity contribution < 1.29 is 13.2 Å². The molecule has 0 aromatic rings. The molecule has 0 aromatic carbocycles. The Bertz CT molecular complexity index is 348. The molecule has 6 heteroatoms. The first kappa shape index (κ1) is 10.9. The lowest BCUT2D eigenvalue weighted by Crippen LogP contribution is -2.47. The maximum absolute atomic E-state index is 11.4. The van der Waals surface area contributed by atoms with Gasteiger partial charge in [0.2, 0.25) is 5.91 Å². The maximum Gasteiger partial charge on any atom is 0.221 e. The third-order valence-corrected chi connectivity index (χ3v) is 4.41. The molecule has 0 bridgehead atoms. The molecule has 1 amide bonds. The van der Waals surface area contributed by atoms with Crippen LogP contribution in [0.3, 0.4) is 0 Å². The molecule has 0 spiro atoms. The second kappa shape index (κ2) is 4.09. The van der Waals surface area contributed by atoms with E-state index in [0.29, 0.717) is 12.6 Å². The highest BCUT2D eigenvalue weighted by molar-refractivity contribution is 7.91. The molecule has 0 radical (unpaired) electrons. The second-order valence-electron chi connectivity index (χ2n) is 4.31. The number of carbonyl (C=O) groups is 1. The van der Waals surface area contributed by atoms with Gasteiger partial charge < -0.3 is 10.6 Å². The van der Waals surface area contributed by atoms with Crippen LogP contribution in [-0.2, 0) is 14.6 Å². The lowest BCUT2D eigenvalue weighted by Gasteiger charge is -2.23. The smallest absolute Gasteiger partial charge is 0.221 e. The van der Waals surface area contributed by atoms with E-state index in [-0.39, 0.29) is 29.9 Å². The highest BCUT2D eigenvalue weighted by Gasteiger charge is 2.28. The molecule has 1 atom stereocenters. The molecule has 2 N–H and O–H groups in total. The Morgan fingerprint density at radius 2 is 2.13 bits per heavy atom. The summed E-state index contributed by atoms with van der Waals surface area (Å²) in [4.78, 5) is 11.4. The van der Waals surface area contributed by atoms with E-state index in [4.69, 9.17) is 0 Å². The zero-order valence-corrected chi connectivity index (χ0v) is 9.35. The normalized spacial score (nSPS) is 29.7. The minimum Gasteiger partial charge on any atom is -0.353 e. The van der Waals surface area contributed by atoms with E-state index < -0.39 is 9.84 Å². The van der Waals surface area contributed by atoms with Crippen molar-refractivity contribution in [2.45, 2.75) is 31.3 Å². The lowest BCUT2D eigenvalue weighted by molar-refractivity contribution is -0.121. The van der Waals surface area contributed by atoms with Crippen LogP contribution in [0, 0.1) is 0 Å². The number of hydrogen-bond acceptors (Lipinski definition) is 4. The third kappa shape index (κ3) is 3.46. The second-order valence-corrected chi connectivity index (χ2v) is 6.54. The third-order valence-electron chi connectivity index (χ3n) is 2.68. The monoisotopic (exact) mass is 232 g/mol. The van der Waals surface area contributed by atoms with Gasteiger partial charge in [0, 0.05) is 25.0 Å². The molecule has 1 aliphatic heterocycles. The molecule has 1 unspecified atom stereocenters. The van der Waals surface area contributed by atoms with Crippen molar-refractivity contribution in [2.24, 2.45) is 0 Å². The van der Waals surface area contributed by atoms with Crippen molar-refractivity contribution in [1.29, 1.82) is 0 Å². The zero-order chi connectivity index (χ0) is 10.9. The van der Waals surface area contributed by atoms with Gasteiger partial charge in [-0.2, -0.15) is 0 Å². The number of amides is 1. The van der Waals surface area contributed by atoms with Crippen LogP contribution in [0.25, 0.3) is 0 Å². The Kier molecular flexibility index (Phi) is 2.97. The SMILES string of the molecule is O=C(CC1CS(=O)(=O)CCN1)NC1CC1. The van der Waals surface area contributed by atoms with Gasteiger partial charge in [-0.1, -0.05) is 0 Å². The van der Waals surface area contributed by atoms with Gasteiger partial charge >= 0.3 is 0 Å². The summed E-state index contributed by atoms with van der Waals surface area (Å²) in [5.41, 5.74) is 0. The number of hydrogen-bond donors (Lipinski definition) is 2. The number of sulfone groups is 1. The van der Waals surface area contributed by atoms with Crippen molar-refractivity contribution in [3.63, 3.8) is 0 Å². The van der Waals surface area contributed by atoms with E-state index in [1.54, 1.807) is 0 Å². The molecule has 5 nitrogen and oxygen atoms in total. The first-order valence-corrected chi connectivity index (χ1v) is 7.10. The van der Waals surface area contributed by atoms with Crippen LogP contribution in [0.4, 0.5) is 0 Å². The van der Waals surface area contributed by atoms with Crippen molar-refractivity contribution in [3.05, 3.63) is 0 Å². The lowest BCUT2D eigenvalue weighted by atomic mass is 10.2. The fraction of sp³-hybridized carbons (Fsp3) is 0.889. The molecule has 1 saturated heterocycles. The van der Waals surface area contributed by atoms with Gasteiger partial charge in [-0.3, -0.25) is 4.79 Å². The molecule has 2 aliphatic rings. The Hall–Kier alpha value is -0.620. The first-order chi connectivity index (χ1) is 7.05. The van der Waals surface area contributed by atoms with E-state index in [2.05, 4.69) is 10.6 Å². The van der Waals surface area contributed by atoms with Gasteiger partial charge in [0.25, 0.3) is 0 Å². The minimum absolute atomic E-state index is 0.0351. The Morgan fingerprint density at radius 1 is 1.40 bits per heavy atom. The van der Waals surface area contributed by atoms with Crippen LogP contribution in [0.2, 0.25) is 0 Å². The number of rotatable bonds is 3. The van der Waals surface area contributed by atoms with Gasteiger partial charge in [0.1, 0.15) is 0 Å². The van der Waals surface area contributed by atoms with Crippen LogP contribution in [0.5, 0.6) is 0 Å². The zero-order valence-electron chi connectivity index (χ0n) is 8.53. The summed E-state index contributed by atoms with van der Waals surface area (Å²) in [5, 5.41) is 5.91. The summed E-state index contributed by atoms with van der Waals surface area (Å²) < 4.78 is 22.6. The summed E-state index contributed by atoms with van der Waals surface area (Å²) in [7, 11) is -2.93. The van der Waals surface area contributed by atoms with E-state index in [9.17, 15) is 13.2 Å². The van der Waals surface area contributed by atoms with Crippen LogP contribution >= 0.6 is 0 Å². The van der Waals surface area contributed by atoms with Crippen molar-refractivity contribution in [2.75, 3.05) is 18.1 Å². The average molecular weight is 232 g/mol. The predicted molar refractivity (Wildman–Crippen MR) is 56.2 cm³/mol. The summed E-state index contributed by atoms with van der Waals surface area (Å²) in [6, 6.07) is 0.139. The topological polar surface area (TPSA) is 75.3 Å². The van der Waals surface area contributed by atoms with Gasteiger partial charge in [-0.25, -0.2) is 8.42 Å². The predicted octanol–water partition coefficient (Wildman–Crippen LogP) is -0.958. The van der Waals surface area contributed by atoms with Gasteiger partial charge in [0.15, 0.2) is 9.84 Å². The largest absolute Gasteiger partial charge is 0.353 e. The molecule has 2 fully saturated rings. The molecule has 15 heavy (non-hydrogen) atoms. The molecule has 1 heterocycles. The van der Waals surface area contributed by atoms with Crippen molar-refractivity contribution >= 4 is 15.7 Å². The van der Waals surface area contributed by atoms with Gasteiger partial charge in [-0.15, -0.1) is 0 Å². The fourth-order valence-corrected chi connectivity index (χ4v) is 3.18. The molecule has 86 valence electrons. The van der Waals surface area contributed by atoms with E-state index in [0.717, 1.165) is 12.8 Å². The molecule has 2 rings (SSSR count). The summed E-state index contributed by atoms with van der Waals surface area (Å²) in [6.07, 6.45) is 2.39. The number of nitrogens with one attached hydrogen (secondary N) is 2. The summed E-state index contributed by atoms with van der Waals surface area (Å²) in [5.74, 6) is 0.242. The Labute approximate surface area is 89.5 Å². The molecule has 0 aromatic heterocycles. The first-order valence-electron chi connectivity index (χ1n) is 5.28. The van der Waals surface area contributed by atoms with Gasteiger partial charge in [0.05, 0.1) is 11.5 Å². The van der Waals surface area contributed by atoms with Crippen LogP contribution in [-0.4, -0.2) is 44.5 Å². The fourth-order valence-electron chi connectivity index (χ4n) is 1.74. The Balaban J connectivity index is 1.80. The van der Waals surface area contributed by atoms with Crippen LogP contribution in [0.15, 0.2) is 0 Å². The minimum atomic E-state index is -2.93. The van der Waals surface area contributed by atoms with Gasteiger partial charge in [-0.05, 0) is 12.8 Å². The maximum atomic E-state index is 11.4. The van der Waals surface area contributed by atoms with E-state index in [1.165, 1.54) is 0 Å². The molecular weight excluding hydrogens is 216 g/mol. The van der Waals surface area contributed by atoms with Crippen molar-refractivity contribution in [1.82, 2.24) is 10.6 Å². The molecular formula is C9H16N2O3S. The number of carbonyl (C=O) groups excluding carboxylic acids is 1.